The predicted octanol–water partition coefficient (Wildman–Crippen LogP) is 2.40. The van der Waals surface area contributed by atoms with Gasteiger partial charge in [0.15, 0.2) is 5.82 Å². The van der Waals surface area contributed by atoms with Gasteiger partial charge in [-0.1, -0.05) is 0 Å². The zero-order valence-corrected chi connectivity index (χ0v) is 10.9. The number of hydrogen-bond donors (Lipinski definition) is 1. The Balaban J connectivity index is 1.53. The van der Waals surface area contributed by atoms with Crippen LogP contribution >= 0.6 is 0 Å². The smallest absolute Gasteiger partial charge is 0.153 e. The SMILES string of the molecule is c1cc(CNC2CC2)cc(-n2ccc(C3CC3)n2)n1. The summed E-state index contributed by atoms with van der Waals surface area (Å²) in [6.07, 6.45) is 9.11. The van der Waals surface area contributed by atoms with E-state index >= 15 is 0 Å². The molecule has 2 fully saturated rings. The Bertz CT molecular complexity index is 581. The van der Waals surface area contributed by atoms with Crippen LogP contribution in [-0.2, 0) is 6.54 Å². The van der Waals surface area contributed by atoms with Crippen LogP contribution in [0.15, 0.2) is 30.6 Å². The number of nitrogens with zero attached hydrogens (tertiary/aromatic N) is 3. The van der Waals surface area contributed by atoms with Crippen molar-refractivity contribution in [1.82, 2.24) is 20.1 Å². The molecule has 0 aromatic carbocycles. The summed E-state index contributed by atoms with van der Waals surface area (Å²) < 4.78 is 1.90. The molecule has 2 aromatic heterocycles. The molecule has 0 atom stereocenters. The lowest BCUT2D eigenvalue weighted by molar-refractivity contribution is 0.685. The Morgan fingerprint density at radius 1 is 1.21 bits per heavy atom. The normalized spacial score (nSPS) is 18.7. The van der Waals surface area contributed by atoms with Crippen LogP contribution in [0.25, 0.3) is 5.82 Å². The first kappa shape index (κ1) is 11.2. The van der Waals surface area contributed by atoms with E-state index in [2.05, 4.69) is 33.6 Å². The Labute approximate surface area is 112 Å². The van der Waals surface area contributed by atoms with Crippen molar-refractivity contribution in [3.05, 3.63) is 41.9 Å². The lowest BCUT2D eigenvalue weighted by Gasteiger charge is -2.05. The summed E-state index contributed by atoms with van der Waals surface area (Å²) in [6, 6.07) is 7.06. The van der Waals surface area contributed by atoms with Crippen LogP contribution in [0.4, 0.5) is 0 Å². The third kappa shape index (κ3) is 2.54. The molecule has 0 aliphatic heterocycles. The largest absolute Gasteiger partial charge is 0.310 e. The first-order valence-corrected chi connectivity index (χ1v) is 7.13. The number of nitrogens with one attached hydrogen (secondary N) is 1. The Kier molecular flexibility index (Phi) is 2.62. The van der Waals surface area contributed by atoms with E-state index < -0.39 is 0 Å². The van der Waals surface area contributed by atoms with Gasteiger partial charge in [0.05, 0.1) is 5.69 Å². The molecule has 98 valence electrons. The molecule has 4 nitrogen and oxygen atoms in total. The van der Waals surface area contributed by atoms with Crippen LogP contribution in [0.2, 0.25) is 0 Å². The number of rotatable bonds is 5. The minimum atomic E-state index is 0.695. The number of hydrogen-bond acceptors (Lipinski definition) is 3. The molecule has 4 heteroatoms. The zero-order chi connectivity index (χ0) is 12.7. The highest BCUT2D eigenvalue weighted by atomic mass is 15.3. The second kappa shape index (κ2) is 4.46. The lowest BCUT2D eigenvalue weighted by Crippen LogP contribution is -2.15. The van der Waals surface area contributed by atoms with E-state index in [1.54, 1.807) is 0 Å². The van der Waals surface area contributed by atoms with Crippen LogP contribution in [-0.4, -0.2) is 20.8 Å². The van der Waals surface area contributed by atoms with E-state index in [0.717, 1.165) is 18.4 Å². The number of aromatic nitrogens is 3. The Morgan fingerprint density at radius 3 is 2.89 bits per heavy atom. The fraction of sp³-hybridized carbons (Fsp3) is 0.467. The van der Waals surface area contributed by atoms with Gasteiger partial charge in [-0.2, -0.15) is 5.10 Å². The van der Waals surface area contributed by atoms with Crippen molar-refractivity contribution in [2.24, 2.45) is 0 Å². The minimum absolute atomic E-state index is 0.695. The van der Waals surface area contributed by atoms with Crippen LogP contribution in [0.1, 0.15) is 42.9 Å². The first-order chi connectivity index (χ1) is 9.38. The van der Waals surface area contributed by atoms with Crippen LogP contribution in [0, 0.1) is 0 Å². The summed E-state index contributed by atoms with van der Waals surface area (Å²) in [7, 11) is 0. The molecule has 2 aliphatic rings. The van der Waals surface area contributed by atoms with E-state index in [4.69, 9.17) is 0 Å². The molecule has 1 N–H and O–H groups in total. The predicted molar refractivity (Wildman–Crippen MR) is 73.2 cm³/mol. The monoisotopic (exact) mass is 254 g/mol. The van der Waals surface area contributed by atoms with Gasteiger partial charge in [-0.05, 0) is 49.4 Å². The average molecular weight is 254 g/mol. The molecular weight excluding hydrogens is 236 g/mol. The molecule has 4 rings (SSSR count). The Hall–Kier alpha value is -1.68. The summed E-state index contributed by atoms with van der Waals surface area (Å²) in [5.41, 5.74) is 2.49. The molecule has 0 amide bonds. The highest BCUT2D eigenvalue weighted by Gasteiger charge is 2.26. The van der Waals surface area contributed by atoms with Gasteiger partial charge in [0.25, 0.3) is 0 Å². The van der Waals surface area contributed by atoms with Gasteiger partial charge in [0.1, 0.15) is 0 Å². The van der Waals surface area contributed by atoms with Gasteiger partial charge < -0.3 is 5.32 Å². The van der Waals surface area contributed by atoms with Crippen molar-refractivity contribution < 1.29 is 0 Å². The van der Waals surface area contributed by atoms with Crippen molar-refractivity contribution >= 4 is 0 Å². The van der Waals surface area contributed by atoms with Gasteiger partial charge in [-0.3, -0.25) is 0 Å². The third-order valence-corrected chi connectivity index (χ3v) is 3.82. The summed E-state index contributed by atoms with van der Waals surface area (Å²) in [5, 5.41) is 8.15. The van der Waals surface area contributed by atoms with Crippen molar-refractivity contribution in [1.29, 1.82) is 0 Å². The molecule has 0 saturated heterocycles. The quantitative estimate of drug-likeness (QED) is 0.891. The third-order valence-electron chi connectivity index (χ3n) is 3.82. The van der Waals surface area contributed by atoms with Crippen molar-refractivity contribution in [3.63, 3.8) is 0 Å². The lowest BCUT2D eigenvalue weighted by atomic mass is 10.2. The van der Waals surface area contributed by atoms with E-state index in [1.807, 2.05) is 17.1 Å². The molecule has 0 unspecified atom stereocenters. The maximum atomic E-state index is 4.62. The molecule has 2 aromatic rings. The standard InChI is InChI=1S/C15H18N4/c1-2-12(1)14-6-8-19(18-14)15-9-11(5-7-16-15)10-17-13-3-4-13/h5-9,12-13,17H,1-4,10H2. The van der Waals surface area contributed by atoms with E-state index in [0.29, 0.717) is 5.92 Å². The topological polar surface area (TPSA) is 42.7 Å². The summed E-state index contributed by atoms with van der Waals surface area (Å²) in [5.74, 6) is 1.61. The fourth-order valence-corrected chi connectivity index (χ4v) is 2.31. The molecule has 2 aliphatic carbocycles. The van der Waals surface area contributed by atoms with E-state index in [9.17, 15) is 0 Å². The minimum Gasteiger partial charge on any atom is -0.310 e. The maximum Gasteiger partial charge on any atom is 0.153 e. The molecule has 0 spiro atoms. The van der Waals surface area contributed by atoms with Crippen LogP contribution in [0.3, 0.4) is 0 Å². The summed E-state index contributed by atoms with van der Waals surface area (Å²) in [6.45, 7) is 0.928. The molecule has 0 radical (unpaired) electrons. The summed E-state index contributed by atoms with van der Waals surface area (Å²) in [4.78, 5) is 4.42. The first-order valence-electron chi connectivity index (χ1n) is 7.13. The van der Waals surface area contributed by atoms with Crippen molar-refractivity contribution in [2.45, 2.75) is 44.2 Å². The fourth-order valence-electron chi connectivity index (χ4n) is 2.31. The van der Waals surface area contributed by atoms with Gasteiger partial charge in [-0.15, -0.1) is 0 Å². The highest BCUT2D eigenvalue weighted by molar-refractivity contribution is 5.28. The van der Waals surface area contributed by atoms with Crippen LogP contribution in [0.5, 0.6) is 0 Å². The van der Waals surface area contributed by atoms with Crippen molar-refractivity contribution in [2.75, 3.05) is 0 Å². The summed E-state index contributed by atoms with van der Waals surface area (Å²) >= 11 is 0. The molecule has 2 heterocycles. The number of pyridine rings is 1. The van der Waals surface area contributed by atoms with E-state index in [1.165, 1.54) is 36.9 Å². The van der Waals surface area contributed by atoms with E-state index in [-0.39, 0.29) is 0 Å². The average Bonchev–Trinajstić information content (AvgIpc) is 3.37. The Morgan fingerprint density at radius 2 is 2.11 bits per heavy atom. The molecule has 2 saturated carbocycles. The second-order valence-corrected chi connectivity index (χ2v) is 5.64. The molecular formula is C15H18N4. The van der Waals surface area contributed by atoms with Gasteiger partial charge in [-0.25, -0.2) is 9.67 Å². The maximum absolute atomic E-state index is 4.62. The van der Waals surface area contributed by atoms with Crippen LogP contribution < -0.4 is 5.32 Å². The second-order valence-electron chi connectivity index (χ2n) is 5.64. The molecule has 0 bridgehead atoms. The van der Waals surface area contributed by atoms with Gasteiger partial charge in [0.2, 0.25) is 0 Å². The highest BCUT2D eigenvalue weighted by Crippen LogP contribution is 2.38. The van der Waals surface area contributed by atoms with Gasteiger partial charge in [0, 0.05) is 30.9 Å². The zero-order valence-electron chi connectivity index (χ0n) is 10.9. The van der Waals surface area contributed by atoms with Gasteiger partial charge >= 0.3 is 0 Å². The van der Waals surface area contributed by atoms with Crippen molar-refractivity contribution in [3.8, 4) is 5.82 Å². The molecule has 19 heavy (non-hydrogen) atoms.